The van der Waals surface area contributed by atoms with Crippen molar-refractivity contribution in [1.82, 2.24) is 9.80 Å². The van der Waals surface area contributed by atoms with Crippen molar-refractivity contribution in [2.75, 3.05) is 26.2 Å². The molecule has 0 aliphatic carbocycles. The van der Waals surface area contributed by atoms with Crippen LogP contribution >= 0.6 is 0 Å². The molecule has 1 aromatic carbocycles. The van der Waals surface area contributed by atoms with Crippen LogP contribution in [-0.4, -0.2) is 47.6 Å². The van der Waals surface area contributed by atoms with Crippen molar-refractivity contribution in [2.24, 2.45) is 11.8 Å². The van der Waals surface area contributed by atoms with Gasteiger partial charge in [-0.2, -0.15) is 0 Å². The van der Waals surface area contributed by atoms with Gasteiger partial charge in [-0.1, -0.05) is 43.2 Å². The molecule has 4 heterocycles. The van der Waals surface area contributed by atoms with Gasteiger partial charge in [0.1, 0.15) is 0 Å². The molecular formula is C22H32N2. The monoisotopic (exact) mass is 324 g/mol. The smallest absolute Gasteiger partial charge is 0.0290 e. The van der Waals surface area contributed by atoms with Gasteiger partial charge in [0.2, 0.25) is 0 Å². The summed E-state index contributed by atoms with van der Waals surface area (Å²) < 4.78 is 0. The van der Waals surface area contributed by atoms with E-state index in [1.807, 2.05) is 0 Å². The molecule has 0 unspecified atom stereocenters. The number of nitrogens with zero attached hydrogens (tertiary/aromatic N) is 2. The molecule has 24 heavy (non-hydrogen) atoms. The van der Waals surface area contributed by atoms with Crippen LogP contribution in [0.4, 0.5) is 0 Å². The molecule has 0 aromatic heterocycles. The molecule has 2 bridgehead atoms. The summed E-state index contributed by atoms with van der Waals surface area (Å²) in [4.78, 5) is 5.87. The molecule has 0 spiro atoms. The second kappa shape index (κ2) is 6.14. The number of hydrogen-bond acceptors (Lipinski definition) is 2. The lowest BCUT2D eigenvalue weighted by Gasteiger charge is -2.63. The van der Waals surface area contributed by atoms with Crippen molar-refractivity contribution < 1.29 is 0 Å². The second-order valence-corrected chi connectivity index (χ2v) is 8.92. The van der Waals surface area contributed by atoms with Gasteiger partial charge >= 0.3 is 0 Å². The van der Waals surface area contributed by atoms with Crippen molar-refractivity contribution in [2.45, 2.75) is 62.9 Å². The van der Waals surface area contributed by atoms with Crippen molar-refractivity contribution in [1.29, 1.82) is 0 Å². The van der Waals surface area contributed by atoms with E-state index in [4.69, 9.17) is 0 Å². The van der Waals surface area contributed by atoms with E-state index < -0.39 is 0 Å². The first-order valence-electron chi connectivity index (χ1n) is 10.4. The minimum atomic E-state index is 0.457. The predicted octanol–water partition coefficient (Wildman–Crippen LogP) is 3.96. The van der Waals surface area contributed by atoms with Crippen LogP contribution in [0.25, 0.3) is 0 Å². The molecular weight excluding hydrogens is 292 g/mol. The standard InChI is InChI=1S/C22H32N2/c1-2-8-18(9-3-1)15-22-11-5-7-13-24(22)16-19-14-20(22)17-23-12-6-4-10-21(19)23/h1-3,8-9,19-21H,4-7,10-17H2/t19-,20-,21-,22+/m0/s1. The summed E-state index contributed by atoms with van der Waals surface area (Å²) in [5.74, 6) is 1.84. The molecule has 5 rings (SSSR count). The highest BCUT2D eigenvalue weighted by atomic mass is 15.3. The molecule has 2 nitrogen and oxygen atoms in total. The van der Waals surface area contributed by atoms with Crippen LogP contribution in [0.2, 0.25) is 0 Å². The summed E-state index contributed by atoms with van der Waals surface area (Å²) >= 11 is 0. The number of hydrogen-bond donors (Lipinski definition) is 0. The molecule has 0 saturated carbocycles. The number of piperidine rings is 4. The van der Waals surface area contributed by atoms with E-state index in [1.165, 1.54) is 77.5 Å². The maximum Gasteiger partial charge on any atom is 0.0290 e. The number of rotatable bonds is 2. The fourth-order valence-corrected chi connectivity index (χ4v) is 6.67. The Balaban J connectivity index is 1.47. The van der Waals surface area contributed by atoms with Crippen molar-refractivity contribution >= 4 is 0 Å². The van der Waals surface area contributed by atoms with Gasteiger partial charge in [0, 0.05) is 24.7 Å². The lowest BCUT2D eigenvalue weighted by molar-refractivity contribution is -0.123. The van der Waals surface area contributed by atoms with Gasteiger partial charge in [0.05, 0.1) is 0 Å². The van der Waals surface area contributed by atoms with Crippen LogP contribution in [0.15, 0.2) is 30.3 Å². The van der Waals surface area contributed by atoms with Gasteiger partial charge in [0.25, 0.3) is 0 Å². The minimum absolute atomic E-state index is 0.457. The highest BCUT2D eigenvalue weighted by molar-refractivity contribution is 5.21. The van der Waals surface area contributed by atoms with Gasteiger partial charge < -0.3 is 0 Å². The Bertz CT molecular complexity index is 571. The molecule has 0 amide bonds. The first-order chi connectivity index (χ1) is 11.9. The Hall–Kier alpha value is -0.860. The van der Waals surface area contributed by atoms with E-state index in [0.29, 0.717) is 5.54 Å². The maximum absolute atomic E-state index is 2.97. The molecule has 4 fully saturated rings. The minimum Gasteiger partial charge on any atom is -0.300 e. The quantitative estimate of drug-likeness (QED) is 0.812. The molecule has 4 atom stereocenters. The average Bonchev–Trinajstić information content (AvgIpc) is 2.64. The summed E-state index contributed by atoms with van der Waals surface area (Å²) in [6, 6.07) is 12.3. The maximum atomic E-state index is 2.97. The van der Waals surface area contributed by atoms with Crippen LogP contribution in [0, 0.1) is 11.8 Å². The van der Waals surface area contributed by atoms with E-state index in [0.717, 1.165) is 17.9 Å². The first-order valence-corrected chi connectivity index (χ1v) is 10.4. The zero-order valence-corrected chi connectivity index (χ0v) is 15.0. The Labute approximate surface area is 147 Å². The highest BCUT2D eigenvalue weighted by Crippen LogP contribution is 2.49. The van der Waals surface area contributed by atoms with Gasteiger partial charge in [-0.05, 0) is 69.0 Å². The van der Waals surface area contributed by atoms with Gasteiger partial charge in [-0.15, -0.1) is 0 Å². The van der Waals surface area contributed by atoms with Crippen molar-refractivity contribution in [3.8, 4) is 0 Å². The average molecular weight is 325 g/mol. The molecule has 2 heteroatoms. The normalized spacial score (nSPS) is 39.9. The molecule has 4 aliphatic rings. The van der Waals surface area contributed by atoms with Crippen LogP contribution < -0.4 is 0 Å². The molecule has 4 aliphatic heterocycles. The predicted molar refractivity (Wildman–Crippen MR) is 99.1 cm³/mol. The van der Waals surface area contributed by atoms with Crippen molar-refractivity contribution in [3.05, 3.63) is 35.9 Å². The lowest BCUT2D eigenvalue weighted by Crippen LogP contribution is -2.70. The van der Waals surface area contributed by atoms with Gasteiger partial charge in [-0.25, -0.2) is 0 Å². The largest absolute Gasteiger partial charge is 0.300 e. The van der Waals surface area contributed by atoms with Crippen LogP contribution in [-0.2, 0) is 6.42 Å². The van der Waals surface area contributed by atoms with Gasteiger partial charge in [-0.3, -0.25) is 9.80 Å². The number of benzene rings is 1. The third-order valence-electron chi connectivity index (χ3n) is 7.74. The van der Waals surface area contributed by atoms with E-state index in [-0.39, 0.29) is 0 Å². The molecule has 0 N–H and O–H groups in total. The van der Waals surface area contributed by atoms with E-state index >= 15 is 0 Å². The summed E-state index contributed by atoms with van der Waals surface area (Å²) in [5, 5.41) is 0. The number of fused-ring (bicyclic) bond motifs is 6. The third-order valence-corrected chi connectivity index (χ3v) is 7.74. The topological polar surface area (TPSA) is 6.48 Å². The summed E-state index contributed by atoms with van der Waals surface area (Å²) in [6.45, 7) is 5.49. The molecule has 4 saturated heterocycles. The fourth-order valence-electron chi connectivity index (χ4n) is 6.67. The zero-order chi connectivity index (χ0) is 16.0. The van der Waals surface area contributed by atoms with Crippen LogP contribution in [0.3, 0.4) is 0 Å². The Morgan fingerprint density at radius 3 is 2.75 bits per heavy atom. The van der Waals surface area contributed by atoms with Crippen molar-refractivity contribution in [3.63, 3.8) is 0 Å². The fraction of sp³-hybridized carbons (Fsp3) is 0.727. The second-order valence-electron chi connectivity index (χ2n) is 8.92. The summed E-state index contributed by atoms with van der Waals surface area (Å²) in [5.41, 5.74) is 2.02. The SMILES string of the molecule is c1ccc(C[C@@]23CCCCN2C[C@@H]2C[C@H]3CN3CCCC[C@@H]23)cc1. The first kappa shape index (κ1) is 15.4. The lowest BCUT2D eigenvalue weighted by atomic mass is 9.62. The summed E-state index contributed by atoms with van der Waals surface area (Å²) in [7, 11) is 0. The highest BCUT2D eigenvalue weighted by Gasteiger charge is 2.54. The van der Waals surface area contributed by atoms with Gasteiger partial charge in [0.15, 0.2) is 0 Å². The Morgan fingerprint density at radius 1 is 0.958 bits per heavy atom. The molecule has 1 aromatic rings. The van der Waals surface area contributed by atoms with Crippen LogP contribution in [0.5, 0.6) is 0 Å². The Kier molecular flexibility index (Phi) is 3.94. The van der Waals surface area contributed by atoms with E-state index in [9.17, 15) is 0 Å². The zero-order valence-electron chi connectivity index (χ0n) is 15.0. The van der Waals surface area contributed by atoms with Crippen LogP contribution in [0.1, 0.15) is 50.5 Å². The van der Waals surface area contributed by atoms with E-state index in [2.05, 4.69) is 40.1 Å². The Morgan fingerprint density at radius 2 is 1.83 bits per heavy atom. The van der Waals surface area contributed by atoms with E-state index in [1.54, 1.807) is 5.56 Å². The third kappa shape index (κ3) is 2.45. The molecule has 130 valence electrons. The molecule has 0 radical (unpaired) electrons. The summed E-state index contributed by atoms with van der Waals surface area (Å²) in [6.07, 6.45) is 11.4.